The number of aryl methyl sites for hydroxylation is 1. The van der Waals surface area contributed by atoms with Crippen molar-refractivity contribution in [2.45, 2.75) is 25.8 Å². The molecule has 0 radical (unpaired) electrons. The smallest absolute Gasteiger partial charge is 0.305 e. The molecule has 0 heterocycles. The first-order valence-electron chi connectivity index (χ1n) is 5.11. The lowest BCUT2D eigenvalue weighted by molar-refractivity contribution is -0.140. The van der Waals surface area contributed by atoms with Crippen molar-refractivity contribution in [3.8, 4) is 0 Å². The summed E-state index contributed by atoms with van der Waals surface area (Å²) in [5.74, 6) is -0.148. The lowest BCUT2D eigenvalue weighted by Crippen LogP contribution is -2.01. The fraction of sp³-hybridized carbons (Fsp3) is 0.417. The number of carbonyl (C=O) groups excluding carboxylic acids is 1. The molecule has 3 nitrogen and oxygen atoms in total. The molecule has 1 rings (SSSR count). The Morgan fingerprint density at radius 1 is 1.40 bits per heavy atom. The maximum atomic E-state index is 10.9. The molecule has 0 aromatic heterocycles. The van der Waals surface area contributed by atoms with Gasteiger partial charge in [-0.2, -0.15) is 0 Å². The number of carbonyl (C=O) groups is 1. The van der Waals surface area contributed by atoms with E-state index in [2.05, 4.69) is 16.9 Å². The Labute approximate surface area is 90.2 Å². The van der Waals surface area contributed by atoms with Gasteiger partial charge in [-0.25, -0.2) is 0 Å². The zero-order valence-electron chi connectivity index (χ0n) is 9.03. The van der Waals surface area contributed by atoms with Gasteiger partial charge in [-0.3, -0.25) is 4.79 Å². The highest BCUT2D eigenvalue weighted by molar-refractivity contribution is 5.69. The summed E-state index contributed by atoms with van der Waals surface area (Å²) in [6.07, 6.45) is 2.19. The molecule has 0 fully saturated rings. The lowest BCUT2D eigenvalue weighted by Gasteiger charge is -2.03. The van der Waals surface area contributed by atoms with Gasteiger partial charge < -0.3 is 10.5 Å². The van der Waals surface area contributed by atoms with Gasteiger partial charge in [0.15, 0.2) is 0 Å². The summed E-state index contributed by atoms with van der Waals surface area (Å²) < 4.78 is 4.57. The molecule has 1 aromatic carbocycles. The van der Waals surface area contributed by atoms with Crippen molar-refractivity contribution in [1.82, 2.24) is 0 Å². The molecular weight excluding hydrogens is 190 g/mol. The standard InChI is InChI=1S/C12H17NO2/c1-15-12(14)7-3-5-10-4-2-6-11(8-10)9-13/h2,4,6,8H,3,5,7,9,13H2,1H3. The van der Waals surface area contributed by atoms with E-state index in [4.69, 9.17) is 5.73 Å². The first-order chi connectivity index (χ1) is 7.26. The third kappa shape index (κ3) is 4.13. The molecule has 0 saturated carbocycles. The Morgan fingerprint density at radius 3 is 2.80 bits per heavy atom. The summed E-state index contributed by atoms with van der Waals surface area (Å²) in [4.78, 5) is 10.9. The summed E-state index contributed by atoms with van der Waals surface area (Å²) in [6.45, 7) is 0.560. The Balaban J connectivity index is 2.40. The average Bonchev–Trinajstić information content (AvgIpc) is 2.29. The summed E-state index contributed by atoms with van der Waals surface area (Å²) in [5.41, 5.74) is 7.90. The van der Waals surface area contributed by atoms with Crippen LogP contribution in [0.1, 0.15) is 24.0 Å². The quantitative estimate of drug-likeness (QED) is 0.747. The molecule has 0 amide bonds. The highest BCUT2D eigenvalue weighted by atomic mass is 16.5. The van der Waals surface area contributed by atoms with Crippen LogP contribution in [0.2, 0.25) is 0 Å². The fourth-order valence-corrected chi connectivity index (χ4v) is 1.45. The van der Waals surface area contributed by atoms with E-state index in [1.54, 1.807) is 0 Å². The highest BCUT2D eigenvalue weighted by Gasteiger charge is 2.00. The third-order valence-electron chi connectivity index (χ3n) is 2.30. The van der Waals surface area contributed by atoms with Gasteiger partial charge in [0, 0.05) is 13.0 Å². The van der Waals surface area contributed by atoms with Gasteiger partial charge in [0.2, 0.25) is 0 Å². The van der Waals surface area contributed by atoms with Gasteiger partial charge in [0.05, 0.1) is 7.11 Å². The van der Waals surface area contributed by atoms with Gasteiger partial charge in [-0.05, 0) is 24.0 Å². The first-order valence-corrected chi connectivity index (χ1v) is 5.11. The highest BCUT2D eigenvalue weighted by Crippen LogP contribution is 2.08. The summed E-state index contributed by atoms with van der Waals surface area (Å²) in [5, 5.41) is 0. The summed E-state index contributed by atoms with van der Waals surface area (Å²) in [6, 6.07) is 8.13. The summed E-state index contributed by atoms with van der Waals surface area (Å²) in [7, 11) is 1.41. The number of esters is 1. The Kier molecular flexibility index (Phi) is 4.84. The van der Waals surface area contributed by atoms with Crippen LogP contribution >= 0.6 is 0 Å². The van der Waals surface area contributed by atoms with Gasteiger partial charge >= 0.3 is 5.97 Å². The second kappa shape index (κ2) is 6.19. The second-order valence-electron chi connectivity index (χ2n) is 3.45. The van der Waals surface area contributed by atoms with E-state index in [1.165, 1.54) is 12.7 Å². The van der Waals surface area contributed by atoms with E-state index in [-0.39, 0.29) is 5.97 Å². The lowest BCUT2D eigenvalue weighted by atomic mass is 10.1. The maximum Gasteiger partial charge on any atom is 0.305 e. The molecule has 3 heteroatoms. The predicted octanol–water partition coefficient (Wildman–Crippen LogP) is 1.64. The molecule has 0 atom stereocenters. The monoisotopic (exact) mass is 207 g/mol. The zero-order valence-corrected chi connectivity index (χ0v) is 9.03. The second-order valence-corrected chi connectivity index (χ2v) is 3.45. The number of nitrogens with two attached hydrogens (primary N) is 1. The van der Waals surface area contributed by atoms with Crippen LogP contribution in [0.3, 0.4) is 0 Å². The Morgan fingerprint density at radius 2 is 2.13 bits per heavy atom. The van der Waals surface area contributed by atoms with E-state index in [0.717, 1.165) is 18.4 Å². The molecule has 0 aliphatic heterocycles. The van der Waals surface area contributed by atoms with Crippen molar-refractivity contribution in [3.05, 3.63) is 35.4 Å². The van der Waals surface area contributed by atoms with E-state index in [9.17, 15) is 4.79 Å². The van der Waals surface area contributed by atoms with Gasteiger partial charge in [0.1, 0.15) is 0 Å². The SMILES string of the molecule is COC(=O)CCCc1cccc(CN)c1. The van der Waals surface area contributed by atoms with Crippen LogP contribution < -0.4 is 5.73 Å². The van der Waals surface area contributed by atoms with Crippen molar-refractivity contribution in [3.63, 3.8) is 0 Å². The molecule has 0 saturated heterocycles. The molecular formula is C12H17NO2. The van der Waals surface area contributed by atoms with Crippen LogP contribution in [0.15, 0.2) is 24.3 Å². The van der Waals surface area contributed by atoms with E-state index >= 15 is 0 Å². The van der Waals surface area contributed by atoms with Gasteiger partial charge in [0.25, 0.3) is 0 Å². The number of hydrogen-bond acceptors (Lipinski definition) is 3. The fourth-order valence-electron chi connectivity index (χ4n) is 1.45. The number of rotatable bonds is 5. The molecule has 15 heavy (non-hydrogen) atoms. The van der Waals surface area contributed by atoms with Crippen molar-refractivity contribution in [1.29, 1.82) is 0 Å². The minimum absolute atomic E-state index is 0.148. The minimum Gasteiger partial charge on any atom is -0.469 e. The molecule has 0 aliphatic rings. The topological polar surface area (TPSA) is 52.3 Å². The number of benzene rings is 1. The number of hydrogen-bond donors (Lipinski definition) is 1. The third-order valence-corrected chi connectivity index (χ3v) is 2.30. The van der Waals surface area contributed by atoms with Crippen molar-refractivity contribution >= 4 is 5.97 Å². The molecule has 0 spiro atoms. The Hall–Kier alpha value is -1.35. The van der Waals surface area contributed by atoms with Gasteiger partial charge in [-0.1, -0.05) is 24.3 Å². The van der Waals surface area contributed by atoms with Crippen LogP contribution in [0.4, 0.5) is 0 Å². The van der Waals surface area contributed by atoms with E-state index in [0.29, 0.717) is 13.0 Å². The zero-order chi connectivity index (χ0) is 11.1. The Bertz CT molecular complexity index is 323. The normalized spacial score (nSPS) is 10.0. The van der Waals surface area contributed by atoms with Crippen LogP contribution in [0, 0.1) is 0 Å². The van der Waals surface area contributed by atoms with Crippen LogP contribution in [0.25, 0.3) is 0 Å². The largest absolute Gasteiger partial charge is 0.469 e. The molecule has 82 valence electrons. The minimum atomic E-state index is -0.148. The van der Waals surface area contributed by atoms with Gasteiger partial charge in [-0.15, -0.1) is 0 Å². The maximum absolute atomic E-state index is 10.9. The summed E-state index contributed by atoms with van der Waals surface area (Å²) >= 11 is 0. The molecule has 0 unspecified atom stereocenters. The predicted molar refractivity (Wildman–Crippen MR) is 59.3 cm³/mol. The van der Waals surface area contributed by atoms with Crippen LogP contribution in [-0.2, 0) is 22.5 Å². The number of ether oxygens (including phenoxy) is 1. The molecule has 0 bridgehead atoms. The number of methoxy groups -OCH3 is 1. The van der Waals surface area contributed by atoms with E-state index in [1.807, 2.05) is 12.1 Å². The average molecular weight is 207 g/mol. The molecule has 0 aliphatic carbocycles. The van der Waals surface area contributed by atoms with Crippen LogP contribution in [-0.4, -0.2) is 13.1 Å². The van der Waals surface area contributed by atoms with Crippen LogP contribution in [0.5, 0.6) is 0 Å². The first kappa shape index (κ1) is 11.7. The van der Waals surface area contributed by atoms with E-state index < -0.39 is 0 Å². The van der Waals surface area contributed by atoms with Crippen molar-refractivity contribution in [2.24, 2.45) is 5.73 Å². The van der Waals surface area contributed by atoms with Crippen molar-refractivity contribution in [2.75, 3.05) is 7.11 Å². The molecule has 1 aromatic rings. The molecule has 2 N–H and O–H groups in total. The van der Waals surface area contributed by atoms with Crippen molar-refractivity contribution < 1.29 is 9.53 Å².